The maximum Gasteiger partial charge on any atom is 0.161 e. The van der Waals surface area contributed by atoms with Crippen LogP contribution in [0.5, 0.6) is 17.2 Å². The number of hydrogen-bond acceptors (Lipinski definition) is 4. The summed E-state index contributed by atoms with van der Waals surface area (Å²) in [6.07, 6.45) is 0.990. The first-order valence-corrected chi connectivity index (χ1v) is 9.31. The fourth-order valence-electron chi connectivity index (χ4n) is 3.80. The maximum atomic E-state index is 5.82. The summed E-state index contributed by atoms with van der Waals surface area (Å²) in [5.74, 6) is 2.62. The van der Waals surface area contributed by atoms with E-state index in [-0.39, 0.29) is 11.5 Å². The van der Waals surface area contributed by atoms with Crippen molar-refractivity contribution in [3.63, 3.8) is 0 Å². The summed E-state index contributed by atoms with van der Waals surface area (Å²) in [5, 5.41) is 3.68. The van der Waals surface area contributed by atoms with E-state index >= 15 is 0 Å². The Balaban J connectivity index is 1.83. The third-order valence-electron chi connectivity index (χ3n) is 5.26. The van der Waals surface area contributed by atoms with Crippen LogP contribution in [-0.2, 0) is 11.8 Å². The van der Waals surface area contributed by atoms with Gasteiger partial charge in [0.2, 0.25) is 0 Å². The fourth-order valence-corrected chi connectivity index (χ4v) is 3.80. The summed E-state index contributed by atoms with van der Waals surface area (Å²) >= 11 is 0. The van der Waals surface area contributed by atoms with Gasteiger partial charge in [-0.3, -0.25) is 0 Å². The molecule has 0 amide bonds. The Morgan fingerprint density at radius 1 is 1.00 bits per heavy atom. The molecule has 0 bridgehead atoms. The highest BCUT2D eigenvalue weighted by Gasteiger charge is 2.28. The Morgan fingerprint density at radius 3 is 2.42 bits per heavy atom. The molecule has 1 N–H and O–H groups in total. The molecule has 0 aliphatic carbocycles. The van der Waals surface area contributed by atoms with Gasteiger partial charge in [-0.2, -0.15) is 0 Å². The Bertz CT molecular complexity index is 823. The zero-order chi connectivity index (χ0) is 18.3. The number of methoxy groups -OCH3 is 1. The Kier molecular flexibility index (Phi) is 4.31. The van der Waals surface area contributed by atoms with Crippen LogP contribution in [0.25, 0.3) is 0 Å². The monoisotopic (exact) mass is 353 g/mol. The second kappa shape index (κ2) is 6.51. The molecule has 2 aliphatic heterocycles. The zero-order valence-electron chi connectivity index (χ0n) is 16.0. The Morgan fingerprint density at radius 2 is 1.73 bits per heavy atom. The average molecular weight is 353 g/mol. The molecular formula is C22H27NO3. The molecule has 26 heavy (non-hydrogen) atoms. The number of fused-ring (bicyclic) bond motifs is 2. The van der Waals surface area contributed by atoms with Crippen molar-refractivity contribution in [2.24, 2.45) is 0 Å². The molecule has 2 aromatic rings. The van der Waals surface area contributed by atoms with Crippen LogP contribution in [0.1, 0.15) is 49.1 Å². The first kappa shape index (κ1) is 17.2. The van der Waals surface area contributed by atoms with Crippen LogP contribution in [0, 0.1) is 0 Å². The second-order valence-electron chi connectivity index (χ2n) is 8.04. The number of rotatable bonds is 2. The average Bonchev–Trinajstić information content (AvgIpc) is 2.64. The van der Waals surface area contributed by atoms with E-state index in [1.165, 1.54) is 22.3 Å². The van der Waals surface area contributed by atoms with Crippen molar-refractivity contribution < 1.29 is 14.2 Å². The van der Waals surface area contributed by atoms with Gasteiger partial charge in [0.05, 0.1) is 13.2 Å². The molecule has 1 atom stereocenters. The molecule has 0 saturated heterocycles. The molecule has 4 rings (SSSR count). The van der Waals surface area contributed by atoms with Crippen molar-refractivity contribution in [3.8, 4) is 17.2 Å². The third kappa shape index (κ3) is 3.03. The maximum absolute atomic E-state index is 5.82. The third-order valence-corrected chi connectivity index (χ3v) is 5.26. The topological polar surface area (TPSA) is 39.7 Å². The van der Waals surface area contributed by atoms with E-state index in [0.717, 1.165) is 30.2 Å². The van der Waals surface area contributed by atoms with Gasteiger partial charge >= 0.3 is 0 Å². The fraction of sp³-hybridized carbons (Fsp3) is 0.455. The van der Waals surface area contributed by atoms with Gasteiger partial charge in [-0.15, -0.1) is 0 Å². The van der Waals surface area contributed by atoms with Crippen molar-refractivity contribution in [2.75, 3.05) is 26.9 Å². The molecule has 0 aromatic heterocycles. The molecule has 1 unspecified atom stereocenters. The van der Waals surface area contributed by atoms with Gasteiger partial charge in [0.15, 0.2) is 11.5 Å². The highest BCUT2D eigenvalue weighted by Crippen LogP contribution is 2.41. The predicted octanol–water partition coefficient (Wildman–Crippen LogP) is 4.00. The van der Waals surface area contributed by atoms with Crippen molar-refractivity contribution in [1.29, 1.82) is 0 Å². The standard InChI is InChI=1S/C22H27NO3/c1-22(2,3)15-5-6-18(24-4)17(12-15)21-16-13-20-19(25-9-10-26-20)11-14(16)7-8-23-21/h5-6,11-13,21,23H,7-10H2,1-4H3. The summed E-state index contributed by atoms with van der Waals surface area (Å²) in [6.45, 7) is 8.87. The van der Waals surface area contributed by atoms with Gasteiger partial charge in [-0.05, 0) is 52.8 Å². The van der Waals surface area contributed by atoms with Gasteiger partial charge in [0.1, 0.15) is 19.0 Å². The molecule has 2 heterocycles. The van der Waals surface area contributed by atoms with E-state index < -0.39 is 0 Å². The minimum Gasteiger partial charge on any atom is -0.496 e. The summed E-state index contributed by atoms with van der Waals surface area (Å²) in [5.41, 5.74) is 5.15. The van der Waals surface area contributed by atoms with Crippen LogP contribution in [0.15, 0.2) is 30.3 Å². The molecule has 0 spiro atoms. The van der Waals surface area contributed by atoms with Crippen molar-refractivity contribution in [1.82, 2.24) is 5.32 Å². The van der Waals surface area contributed by atoms with Crippen LogP contribution in [0.4, 0.5) is 0 Å². The largest absolute Gasteiger partial charge is 0.496 e. The minimum absolute atomic E-state index is 0.0886. The number of ether oxygens (including phenoxy) is 3. The Labute approximate surface area is 155 Å². The molecule has 0 saturated carbocycles. The number of benzene rings is 2. The first-order chi connectivity index (χ1) is 12.5. The molecule has 0 fully saturated rings. The van der Waals surface area contributed by atoms with E-state index in [1.54, 1.807) is 7.11 Å². The summed E-state index contributed by atoms with van der Waals surface area (Å²) < 4.78 is 17.3. The van der Waals surface area contributed by atoms with E-state index in [4.69, 9.17) is 14.2 Å². The zero-order valence-corrected chi connectivity index (χ0v) is 16.0. The van der Waals surface area contributed by atoms with Crippen molar-refractivity contribution in [2.45, 2.75) is 38.6 Å². The van der Waals surface area contributed by atoms with Gasteiger partial charge < -0.3 is 19.5 Å². The lowest BCUT2D eigenvalue weighted by Crippen LogP contribution is -2.31. The molecule has 138 valence electrons. The quantitative estimate of drug-likeness (QED) is 0.886. The van der Waals surface area contributed by atoms with Crippen molar-refractivity contribution >= 4 is 0 Å². The predicted molar refractivity (Wildman–Crippen MR) is 103 cm³/mol. The van der Waals surface area contributed by atoms with Crippen LogP contribution in [0.3, 0.4) is 0 Å². The lowest BCUT2D eigenvalue weighted by Gasteiger charge is -2.31. The highest BCUT2D eigenvalue weighted by atomic mass is 16.6. The lowest BCUT2D eigenvalue weighted by molar-refractivity contribution is 0.171. The SMILES string of the molecule is COc1ccc(C(C)(C)C)cc1C1NCCc2cc3c(cc21)OCCO3. The van der Waals surface area contributed by atoms with Crippen molar-refractivity contribution in [3.05, 3.63) is 52.6 Å². The van der Waals surface area contributed by atoms with Crippen LogP contribution in [-0.4, -0.2) is 26.9 Å². The summed E-state index contributed by atoms with van der Waals surface area (Å²) in [6, 6.07) is 10.9. The highest BCUT2D eigenvalue weighted by molar-refractivity contribution is 5.54. The van der Waals surface area contributed by atoms with E-state index in [1.807, 2.05) is 0 Å². The molecule has 2 aromatic carbocycles. The van der Waals surface area contributed by atoms with E-state index in [9.17, 15) is 0 Å². The normalized spacial score (nSPS) is 19.0. The summed E-state index contributed by atoms with van der Waals surface area (Å²) in [7, 11) is 1.74. The number of nitrogens with one attached hydrogen (secondary N) is 1. The number of hydrogen-bond donors (Lipinski definition) is 1. The molecule has 2 aliphatic rings. The second-order valence-corrected chi connectivity index (χ2v) is 8.04. The molecule has 4 nitrogen and oxygen atoms in total. The van der Waals surface area contributed by atoms with E-state index in [0.29, 0.717) is 13.2 Å². The van der Waals surface area contributed by atoms with Gasteiger partial charge in [-0.25, -0.2) is 0 Å². The van der Waals surface area contributed by atoms with E-state index in [2.05, 4.69) is 56.4 Å². The van der Waals surface area contributed by atoms with Crippen LogP contribution in [0.2, 0.25) is 0 Å². The van der Waals surface area contributed by atoms with Gasteiger partial charge in [0, 0.05) is 12.1 Å². The lowest BCUT2D eigenvalue weighted by atomic mass is 9.83. The molecule has 4 heteroatoms. The molecular weight excluding hydrogens is 326 g/mol. The molecule has 0 radical (unpaired) electrons. The van der Waals surface area contributed by atoms with Crippen LogP contribution >= 0.6 is 0 Å². The smallest absolute Gasteiger partial charge is 0.161 e. The Hall–Kier alpha value is -2.20. The van der Waals surface area contributed by atoms with Gasteiger partial charge in [0.25, 0.3) is 0 Å². The first-order valence-electron chi connectivity index (χ1n) is 9.31. The van der Waals surface area contributed by atoms with Gasteiger partial charge in [-0.1, -0.05) is 26.8 Å². The summed E-state index contributed by atoms with van der Waals surface area (Å²) in [4.78, 5) is 0. The minimum atomic E-state index is 0.0886. The van der Waals surface area contributed by atoms with Crippen LogP contribution < -0.4 is 19.5 Å².